The van der Waals surface area contributed by atoms with Gasteiger partial charge in [-0.1, -0.05) is 40.6 Å². The summed E-state index contributed by atoms with van der Waals surface area (Å²) < 4.78 is 9.75. The molecule has 31 heavy (non-hydrogen) atoms. The SMILES string of the molecule is Cc1nc2ccccn2c1-c1nnc2sc(-c3ccc(-c4ccc(Cl)cc4Cl)o3)nn12. The summed E-state index contributed by atoms with van der Waals surface area (Å²) in [5.41, 5.74) is 3.32. The molecule has 0 aliphatic heterocycles. The normalized spacial score (nSPS) is 11.7. The Hall–Kier alpha value is -3.20. The fraction of sp³-hybridized carbons (Fsp3) is 0.0476. The van der Waals surface area contributed by atoms with Gasteiger partial charge in [-0.15, -0.1) is 15.3 Å². The standard InChI is InChI=1S/C21H12Cl2N6OS/c1-11-18(28-9-3-2-4-17(28)24-11)19-25-26-21-29(19)27-20(31-21)16-8-7-15(30-16)13-6-5-12(22)10-14(13)23/h2-10H,1H3. The van der Waals surface area contributed by atoms with Gasteiger partial charge in [-0.05, 0) is 49.4 Å². The van der Waals surface area contributed by atoms with Crippen LogP contribution in [-0.4, -0.2) is 29.2 Å². The summed E-state index contributed by atoms with van der Waals surface area (Å²) in [5.74, 6) is 1.89. The molecule has 152 valence electrons. The molecule has 0 saturated heterocycles. The second-order valence-corrected chi connectivity index (χ2v) is 8.69. The molecule has 0 saturated carbocycles. The van der Waals surface area contributed by atoms with Crippen molar-refractivity contribution in [3.63, 3.8) is 0 Å². The van der Waals surface area contributed by atoms with Crippen molar-refractivity contribution >= 4 is 45.1 Å². The second-order valence-electron chi connectivity index (χ2n) is 6.89. The fourth-order valence-corrected chi connectivity index (χ4v) is 4.84. The Balaban J connectivity index is 1.45. The molecule has 0 atom stereocenters. The molecule has 0 fully saturated rings. The Morgan fingerprint density at radius 2 is 1.87 bits per heavy atom. The smallest absolute Gasteiger partial charge is 0.235 e. The number of imidazole rings is 1. The lowest BCUT2D eigenvalue weighted by Gasteiger charge is -2.01. The van der Waals surface area contributed by atoms with E-state index in [1.165, 1.54) is 11.3 Å². The molecule has 10 heteroatoms. The van der Waals surface area contributed by atoms with Crippen molar-refractivity contribution in [2.24, 2.45) is 0 Å². The van der Waals surface area contributed by atoms with Crippen molar-refractivity contribution in [1.82, 2.24) is 29.2 Å². The van der Waals surface area contributed by atoms with Crippen LogP contribution in [0.15, 0.2) is 59.1 Å². The van der Waals surface area contributed by atoms with E-state index in [4.69, 9.17) is 32.7 Å². The third-order valence-corrected chi connectivity index (χ3v) is 6.38. The minimum atomic E-state index is 0.525. The topological polar surface area (TPSA) is 73.5 Å². The Labute approximate surface area is 189 Å². The predicted octanol–water partition coefficient (Wildman–Crippen LogP) is 6.04. The first kappa shape index (κ1) is 18.6. The van der Waals surface area contributed by atoms with Gasteiger partial charge in [0, 0.05) is 16.8 Å². The summed E-state index contributed by atoms with van der Waals surface area (Å²) in [5, 5.41) is 15.2. The van der Waals surface area contributed by atoms with E-state index in [1.54, 1.807) is 16.6 Å². The number of aryl methyl sites for hydroxylation is 1. The third-order valence-electron chi connectivity index (χ3n) is 4.92. The zero-order valence-corrected chi connectivity index (χ0v) is 18.3. The number of hydrogen-bond donors (Lipinski definition) is 0. The fourth-order valence-electron chi connectivity index (χ4n) is 3.53. The number of rotatable bonds is 3. The number of fused-ring (bicyclic) bond motifs is 2. The van der Waals surface area contributed by atoms with E-state index in [2.05, 4.69) is 15.2 Å². The zero-order chi connectivity index (χ0) is 21.1. The Morgan fingerprint density at radius 1 is 1.00 bits per heavy atom. The summed E-state index contributed by atoms with van der Waals surface area (Å²) in [4.78, 5) is 5.27. The maximum absolute atomic E-state index is 6.32. The van der Waals surface area contributed by atoms with E-state index >= 15 is 0 Å². The number of nitrogens with zero attached hydrogens (tertiary/aromatic N) is 6. The van der Waals surface area contributed by atoms with Gasteiger partial charge in [-0.25, -0.2) is 4.98 Å². The summed E-state index contributed by atoms with van der Waals surface area (Å²) >= 11 is 13.7. The van der Waals surface area contributed by atoms with Crippen LogP contribution < -0.4 is 0 Å². The molecule has 0 N–H and O–H groups in total. The number of aromatic nitrogens is 6. The van der Waals surface area contributed by atoms with Gasteiger partial charge in [-0.2, -0.15) is 4.52 Å². The summed E-state index contributed by atoms with van der Waals surface area (Å²) in [6.45, 7) is 1.95. The molecule has 6 aromatic rings. The first-order chi connectivity index (χ1) is 15.1. The van der Waals surface area contributed by atoms with Crippen molar-refractivity contribution in [2.75, 3.05) is 0 Å². The van der Waals surface area contributed by atoms with E-state index < -0.39 is 0 Å². The maximum Gasteiger partial charge on any atom is 0.235 e. The number of benzene rings is 1. The van der Waals surface area contributed by atoms with Crippen LogP contribution >= 0.6 is 34.5 Å². The molecule has 0 aliphatic carbocycles. The molecule has 5 aromatic heterocycles. The van der Waals surface area contributed by atoms with Crippen LogP contribution in [0, 0.1) is 6.92 Å². The second kappa shape index (κ2) is 6.91. The van der Waals surface area contributed by atoms with E-state index in [-0.39, 0.29) is 0 Å². The highest BCUT2D eigenvalue weighted by molar-refractivity contribution is 7.19. The Morgan fingerprint density at radius 3 is 2.74 bits per heavy atom. The van der Waals surface area contributed by atoms with Crippen LogP contribution in [0.1, 0.15) is 5.69 Å². The third kappa shape index (κ3) is 2.95. The molecule has 0 radical (unpaired) electrons. The average Bonchev–Trinajstić information content (AvgIpc) is 3.49. The highest BCUT2D eigenvalue weighted by Crippen LogP contribution is 2.36. The summed E-state index contributed by atoms with van der Waals surface area (Å²) in [6, 6.07) is 14.9. The summed E-state index contributed by atoms with van der Waals surface area (Å²) in [6.07, 6.45) is 1.95. The van der Waals surface area contributed by atoms with Gasteiger partial charge in [0.25, 0.3) is 0 Å². The van der Waals surface area contributed by atoms with E-state index in [0.29, 0.717) is 37.4 Å². The van der Waals surface area contributed by atoms with Gasteiger partial charge in [-0.3, -0.25) is 4.40 Å². The van der Waals surface area contributed by atoms with Crippen LogP contribution in [0.25, 0.3) is 44.2 Å². The van der Waals surface area contributed by atoms with Crippen LogP contribution in [-0.2, 0) is 0 Å². The lowest BCUT2D eigenvalue weighted by atomic mass is 10.2. The molecular weight excluding hydrogens is 455 g/mol. The predicted molar refractivity (Wildman–Crippen MR) is 121 cm³/mol. The molecule has 6 rings (SSSR count). The molecule has 0 spiro atoms. The van der Waals surface area contributed by atoms with Gasteiger partial charge in [0.05, 0.1) is 10.7 Å². The van der Waals surface area contributed by atoms with E-state index in [0.717, 1.165) is 22.6 Å². The van der Waals surface area contributed by atoms with Crippen molar-refractivity contribution in [3.05, 3.63) is 70.5 Å². The number of hydrogen-bond acceptors (Lipinski definition) is 6. The molecule has 0 aliphatic rings. The minimum absolute atomic E-state index is 0.525. The van der Waals surface area contributed by atoms with E-state index in [9.17, 15) is 0 Å². The molecule has 0 unspecified atom stereocenters. The monoisotopic (exact) mass is 466 g/mol. The van der Waals surface area contributed by atoms with Gasteiger partial charge in [0.15, 0.2) is 10.8 Å². The maximum atomic E-state index is 6.32. The number of furan rings is 1. The highest BCUT2D eigenvalue weighted by Gasteiger charge is 2.21. The van der Waals surface area contributed by atoms with Crippen LogP contribution in [0.2, 0.25) is 10.0 Å². The van der Waals surface area contributed by atoms with Crippen molar-refractivity contribution < 1.29 is 4.42 Å². The zero-order valence-electron chi connectivity index (χ0n) is 16.0. The van der Waals surface area contributed by atoms with Crippen LogP contribution in [0.3, 0.4) is 0 Å². The number of halogens is 2. The lowest BCUT2D eigenvalue weighted by molar-refractivity contribution is 0.595. The van der Waals surface area contributed by atoms with Gasteiger partial charge in [0.1, 0.15) is 17.1 Å². The quantitative estimate of drug-likeness (QED) is 0.317. The highest BCUT2D eigenvalue weighted by atomic mass is 35.5. The van der Waals surface area contributed by atoms with Gasteiger partial charge in [0.2, 0.25) is 10.8 Å². The number of pyridine rings is 1. The largest absolute Gasteiger partial charge is 0.453 e. The van der Waals surface area contributed by atoms with Crippen molar-refractivity contribution in [2.45, 2.75) is 6.92 Å². The molecule has 5 heterocycles. The molecule has 0 bridgehead atoms. The van der Waals surface area contributed by atoms with Gasteiger partial charge < -0.3 is 4.42 Å². The molecule has 1 aromatic carbocycles. The van der Waals surface area contributed by atoms with Crippen LogP contribution in [0.4, 0.5) is 0 Å². The van der Waals surface area contributed by atoms with Crippen molar-refractivity contribution in [3.8, 4) is 33.6 Å². The lowest BCUT2D eigenvalue weighted by Crippen LogP contribution is -1.96. The van der Waals surface area contributed by atoms with Gasteiger partial charge >= 0.3 is 0 Å². The average molecular weight is 467 g/mol. The Kier molecular flexibility index (Phi) is 4.14. The molecule has 7 nitrogen and oxygen atoms in total. The molecular formula is C21H12Cl2N6OS. The first-order valence-corrected chi connectivity index (χ1v) is 10.9. The first-order valence-electron chi connectivity index (χ1n) is 9.30. The summed E-state index contributed by atoms with van der Waals surface area (Å²) in [7, 11) is 0. The van der Waals surface area contributed by atoms with E-state index in [1.807, 2.05) is 53.9 Å². The molecule has 0 amide bonds. The minimum Gasteiger partial charge on any atom is -0.453 e. The Bertz CT molecular complexity index is 1590. The van der Waals surface area contributed by atoms with Crippen LogP contribution in [0.5, 0.6) is 0 Å². The van der Waals surface area contributed by atoms with Crippen molar-refractivity contribution in [1.29, 1.82) is 0 Å².